The molecule has 84 valence electrons. The topological polar surface area (TPSA) is 23.5 Å². The van der Waals surface area contributed by atoms with Crippen LogP contribution in [0.5, 0.6) is 0 Å². The van der Waals surface area contributed by atoms with Gasteiger partial charge in [0.15, 0.2) is 0 Å². The number of nitrogens with zero attached hydrogens (tertiary/aromatic N) is 1. The number of hydrogen-bond acceptors (Lipinski definition) is 2. The maximum Gasteiger partial charge on any atom is 0.0558 e. The van der Waals surface area contributed by atoms with Gasteiger partial charge in [-0.05, 0) is 38.4 Å². The van der Waals surface area contributed by atoms with E-state index in [1.54, 1.807) is 0 Å². The van der Waals surface area contributed by atoms with E-state index in [1.807, 2.05) is 7.05 Å². The zero-order valence-electron chi connectivity index (χ0n) is 9.95. The minimum Gasteiger partial charge on any atom is -0.395 e. The van der Waals surface area contributed by atoms with Gasteiger partial charge in [-0.1, -0.05) is 23.8 Å². The zero-order chi connectivity index (χ0) is 11.3. The van der Waals surface area contributed by atoms with Gasteiger partial charge in [-0.15, -0.1) is 0 Å². The third kappa shape index (κ3) is 4.02. The van der Waals surface area contributed by atoms with Gasteiger partial charge in [-0.3, -0.25) is 0 Å². The molecular weight excluding hydrogens is 186 g/mol. The lowest BCUT2D eigenvalue weighted by Gasteiger charge is -2.15. The fourth-order valence-corrected chi connectivity index (χ4v) is 1.72. The molecule has 1 N–H and O–H groups in total. The van der Waals surface area contributed by atoms with Crippen LogP contribution in [0.25, 0.3) is 0 Å². The van der Waals surface area contributed by atoms with Crippen LogP contribution >= 0.6 is 0 Å². The monoisotopic (exact) mass is 207 g/mol. The molecule has 2 nitrogen and oxygen atoms in total. The first kappa shape index (κ1) is 12.2. The molecule has 1 aromatic rings. The third-order valence-corrected chi connectivity index (χ3v) is 2.74. The summed E-state index contributed by atoms with van der Waals surface area (Å²) in [5, 5.41) is 8.78. The maximum atomic E-state index is 8.78. The molecule has 0 fully saturated rings. The van der Waals surface area contributed by atoms with Crippen LogP contribution in [0.1, 0.15) is 16.7 Å². The third-order valence-electron chi connectivity index (χ3n) is 2.74. The highest BCUT2D eigenvalue weighted by atomic mass is 16.3. The summed E-state index contributed by atoms with van der Waals surface area (Å²) in [4.78, 5) is 2.15. The molecule has 1 aromatic carbocycles. The first-order valence-corrected chi connectivity index (χ1v) is 5.49. The van der Waals surface area contributed by atoms with Crippen LogP contribution < -0.4 is 0 Å². The van der Waals surface area contributed by atoms with Crippen molar-refractivity contribution < 1.29 is 5.11 Å². The molecule has 0 aromatic heterocycles. The second kappa shape index (κ2) is 5.89. The Hall–Kier alpha value is -0.860. The summed E-state index contributed by atoms with van der Waals surface area (Å²) in [6, 6.07) is 6.59. The van der Waals surface area contributed by atoms with Crippen molar-refractivity contribution in [1.82, 2.24) is 4.90 Å². The van der Waals surface area contributed by atoms with Crippen molar-refractivity contribution in [2.75, 3.05) is 26.7 Å². The molecule has 0 heterocycles. The quantitative estimate of drug-likeness (QED) is 0.795. The number of benzene rings is 1. The Kier molecular flexibility index (Phi) is 4.79. The number of hydrogen-bond donors (Lipinski definition) is 1. The first-order chi connectivity index (χ1) is 7.13. The van der Waals surface area contributed by atoms with Gasteiger partial charge in [0.2, 0.25) is 0 Å². The summed E-state index contributed by atoms with van der Waals surface area (Å²) in [5.74, 6) is 0. The summed E-state index contributed by atoms with van der Waals surface area (Å²) in [5.41, 5.74) is 4.10. The van der Waals surface area contributed by atoms with Crippen LogP contribution in [-0.2, 0) is 6.42 Å². The number of aryl methyl sites for hydroxylation is 2. The van der Waals surface area contributed by atoms with E-state index >= 15 is 0 Å². The summed E-state index contributed by atoms with van der Waals surface area (Å²) in [6.07, 6.45) is 1.06. The minimum atomic E-state index is 0.239. The molecule has 0 bridgehead atoms. The van der Waals surface area contributed by atoms with Gasteiger partial charge in [-0.2, -0.15) is 0 Å². The molecule has 0 aliphatic carbocycles. The second-order valence-corrected chi connectivity index (χ2v) is 4.21. The van der Waals surface area contributed by atoms with Crippen molar-refractivity contribution in [3.05, 3.63) is 34.9 Å². The van der Waals surface area contributed by atoms with Crippen LogP contribution in [0, 0.1) is 13.8 Å². The molecule has 0 spiro atoms. The highest BCUT2D eigenvalue weighted by Gasteiger charge is 2.01. The molecule has 15 heavy (non-hydrogen) atoms. The molecule has 0 radical (unpaired) electrons. The largest absolute Gasteiger partial charge is 0.395 e. The van der Waals surface area contributed by atoms with Crippen molar-refractivity contribution in [3.63, 3.8) is 0 Å². The molecule has 2 heteroatoms. The maximum absolute atomic E-state index is 8.78. The fourth-order valence-electron chi connectivity index (χ4n) is 1.72. The summed E-state index contributed by atoms with van der Waals surface area (Å²) in [6.45, 7) is 6.28. The average Bonchev–Trinajstić information content (AvgIpc) is 2.17. The SMILES string of the molecule is Cc1ccc(CCN(C)CCO)c(C)c1. The van der Waals surface area contributed by atoms with Gasteiger partial charge in [0.1, 0.15) is 0 Å². The van der Waals surface area contributed by atoms with Crippen LogP contribution in [0.15, 0.2) is 18.2 Å². The Balaban J connectivity index is 2.50. The first-order valence-electron chi connectivity index (χ1n) is 5.49. The van der Waals surface area contributed by atoms with Crippen molar-refractivity contribution >= 4 is 0 Å². The van der Waals surface area contributed by atoms with Gasteiger partial charge in [0, 0.05) is 13.1 Å². The Morgan fingerprint density at radius 2 is 1.93 bits per heavy atom. The summed E-state index contributed by atoms with van der Waals surface area (Å²) >= 11 is 0. The molecule has 0 aliphatic rings. The predicted molar refractivity (Wildman–Crippen MR) is 64.2 cm³/mol. The Bertz CT molecular complexity index is 309. The molecule has 0 atom stereocenters. The lowest BCUT2D eigenvalue weighted by Crippen LogP contribution is -2.24. The van der Waals surface area contributed by atoms with E-state index < -0.39 is 0 Å². The van der Waals surface area contributed by atoms with E-state index in [-0.39, 0.29) is 6.61 Å². The lowest BCUT2D eigenvalue weighted by molar-refractivity contribution is 0.223. The van der Waals surface area contributed by atoms with E-state index in [0.717, 1.165) is 19.5 Å². The second-order valence-electron chi connectivity index (χ2n) is 4.21. The van der Waals surface area contributed by atoms with E-state index in [0.29, 0.717) is 0 Å². The highest BCUT2D eigenvalue weighted by molar-refractivity contribution is 5.30. The van der Waals surface area contributed by atoms with Gasteiger partial charge in [0.25, 0.3) is 0 Å². The molecule has 1 rings (SSSR count). The normalized spacial score (nSPS) is 11.0. The van der Waals surface area contributed by atoms with Crippen molar-refractivity contribution in [2.45, 2.75) is 20.3 Å². The average molecular weight is 207 g/mol. The minimum absolute atomic E-state index is 0.239. The Labute approximate surface area is 92.5 Å². The highest BCUT2D eigenvalue weighted by Crippen LogP contribution is 2.11. The number of rotatable bonds is 5. The molecule has 0 amide bonds. The standard InChI is InChI=1S/C13H21NO/c1-11-4-5-13(12(2)10-11)6-7-14(3)8-9-15/h4-5,10,15H,6-9H2,1-3H3. The molecular formula is C13H21NO. The van der Waals surface area contributed by atoms with Gasteiger partial charge in [-0.25, -0.2) is 0 Å². The Morgan fingerprint density at radius 3 is 2.53 bits per heavy atom. The number of aliphatic hydroxyl groups excluding tert-OH is 1. The summed E-state index contributed by atoms with van der Waals surface area (Å²) < 4.78 is 0. The molecule has 0 saturated carbocycles. The molecule has 0 unspecified atom stereocenters. The van der Waals surface area contributed by atoms with E-state index in [2.05, 4.69) is 36.9 Å². The van der Waals surface area contributed by atoms with Crippen molar-refractivity contribution in [1.29, 1.82) is 0 Å². The van der Waals surface area contributed by atoms with E-state index in [1.165, 1.54) is 16.7 Å². The van der Waals surface area contributed by atoms with Crippen LogP contribution in [0.2, 0.25) is 0 Å². The molecule has 0 saturated heterocycles. The van der Waals surface area contributed by atoms with Crippen LogP contribution in [0.3, 0.4) is 0 Å². The lowest BCUT2D eigenvalue weighted by atomic mass is 10.0. The smallest absolute Gasteiger partial charge is 0.0558 e. The number of likely N-dealkylation sites (N-methyl/N-ethyl adjacent to an activating group) is 1. The van der Waals surface area contributed by atoms with Crippen LogP contribution in [-0.4, -0.2) is 36.8 Å². The molecule has 0 aliphatic heterocycles. The van der Waals surface area contributed by atoms with E-state index in [9.17, 15) is 0 Å². The van der Waals surface area contributed by atoms with Gasteiger partial charge < -0.3 is 10.0 Å². The van der Waals surface area contributed by atoms with Crippen molar-refractivity contribution in [2.24, 2.45) is 0 Å². The van der Waals surface area contributed by atoms with Crippen molar-refractivity contribution in [3.8, 4) is 0 Å². The Morgan fingerprint density at radius 1 is 1.20 bits per heavy atom. The van der Waals surface area contributed by atoms with Crippen LogP contribution in [0.4, 0.5) is 0 Å². The predicted octanol–water partition coefficient (Wildman–Crippen LogP) is 1.77. The number of aliphatic hydroxyl groups is 1. The fraction of sp³-hybridized carbons (Fsp3) is 0.538. The van der Waals surface area contributed by atoms with Gasteiger partial charge in [0.05, 0.1) is 6.61 Å². The van der Waals surface area contributed by atoms with E-state index in [4.69, 9.17) is 5.11 Å². The van der Waals surface area contributed by atoms with Gasteiger partial charge >= 0.3 is 0 Å². The summed E-state index contributed by atoms with van der Waals surface area (Å²) in [7, 11) is 2.04. The zero-order valence-corrected chi connectivity index (χ0v) is 9.95.